The van der Waals surface area contributed by atoms with E-state index >= 15 is 0 Å². The number of aromatic nitrogens is 4. The second-order valence-corrected chi connectivity index (χ2v) is 6.14. The Kier molecular flexibility index (Phi) is 4.24. The number of hydrogen-bond donors (Lipinski definition) is 1. The van der Waals surface area contributed by atoms with E-state index in [9.17, 15) is 4.79 Å². The van der Waals surface area contributed by atoms with Gasteiger partial charge in [0.25, 0.3) is 0 Å². The zero-order valence-electron chi connectivity index (χ0n) is 12.7. The Morgan fingerprint density at radius 1 is 1.41 bits per heavy atom. The van der Waals surface area contributed by atoms with E-state index in [1.54, 1.807) is 11.3 Å². The summed E-state index contributed by atoms with van der Waals surface area (Å²) in [6, 6.07) is 3.94. The van der Waals surface area contributed by atoms with Crippen LogP contribution in [-0.4, -0.2) is 32.0 Å². The number of carbonyl (C=O) groups excluding carboxylic acids is 1. The Hall–Kier alpha value is -2.15. The number of aryl methyl sites for hydroxylation is 2. The largest absolute Gasteiger partial charge is 0.354 e. The summed E-state index contributed by atoms with van der Waals surface area (Å²) < 4.78 is 3.86. The van der Waals surface area contributed by atoms with Gasteiger partial charge in [0.15, 0.2) is 0 Å². The van der Waals surface area contributed by atoms with Gasteiger partial charge in [-0.2, -0.15) is 10.2 Å². The third-order valence-corrected chi connectivity index (χ3v) is 4.45. The number of rotatable bonds is 6. The van der Waals surface area contributed by atoms with Crippen LogP contribution in [0.15, 0.2) is 23.7 Å². The van der Waals surface area contributed by atoms with Crippen LogP contribution in [0, 0.1) is 6.92 Å². The molecule has 0 saturated carbocycles. The summed E-state index contributed by atoms with van der Waals surface area (Å²) in [5.41, 5.74) is 3.07. The van der Waals surface area contributed by atoms with Gasteiger partial charge in [-0.15, -0.1) is 11.3 Å². The molecule has 0 aromatic carbocycles. The molecule has 7 heteroatoms. The molecular weight excluding hydrogens is 298 g/mol. The molecule has 0 fully saturated rings. The minimum absolute atomic E-state index is 0.0480. The van der Waals surface area contributed by atoms with Crippen molar-refractivity contribution in [2.24, 2.45) is 0 Å². The average Bonchev–Trinajstić information content (AvgIpc) is 3.19. The summed E-state index contributed by atoms with van der Waals surface area (Å²) in [4.78, 5) is 13.0. The predicted octanol–water partition coefficient (Wildman–Crippen LogP) is 1.98. The number of nitrogens with zero attached hydrogens (tertiary/aromatic N) is 4. The fraction of sp³-hybridized carbons (Fsp3) is 0.400. The quantitative estimate of drug-likeness (QED) is 0.756. The molecule has 3 aromatic rings. The molecule has 0 aliphatic carbocycles. The van der Waals surface area contributed by atoms with Crippen molar-refractivity contribution in [1.82, 2.24) is 24.9 Å². The number of nitrogens with one attached hydrogen (secondary N) is 1. The van der Waals surface area contributed by atoms with Crippen LogP contribution in [0.2, 0.25) is 0 Å². The standard InChI is InChI=1S/C15H19N5OS/c1-3-19-13-10-17-20(15(13)11(2)18-19)7-6-16-14(21)9-12-5-4-8-22-12/h4-5,8,10H,3,6-7,9H2,1-2H3,(H,16,21). The van der Waals surface area contributed by atoms with Gasteiger partial charge in [0.2, 0.25) is 5.91 Å². The maximum Gasteiger partial charge on any atom is 0.225 e. The zero-order valence-corrected chi connectivity index (χ0v) is 13.6. The maximum absolute atomic E-state index is 11.9. The zero-order chi connectivity index (χ0) is 15.5. The first kappa shape index (κ1) is 14.8. The Labute approximate surface area is 132 Å². The smallest absolute Gasteiger partial charge is 0.225 e. The molecule has 6 nitrogen and oxygen atoms in total. The van der Waals surface area contributed by atoms with Gasteiger partial charge in [-0.25, -0.2) is 0 Å². The summed E-state index contributed by atoms with van der Waals surface area (Å²) in [7, 11) is 0. The molecule has 0 aliphatic heterocycles. The normalized spacial score (nSPS) is 11.2. The number of carbonyl (C=O) groups is 1. The summed E-state index contributed by atoms with van der Waals surface area (Å²) >= 11 is 1.60. The van der Waals surface area contributed by atoms with E-state index < -0.39 is 0 Å². The lowest BCUT2D eigenvalue weighted by Gasteiger charge is -2.05. The first-order chi connectivity index (χ1) is 10.7. The number of thiophene rings is 1. The second kappa shape index (κ2) is 6.31. The third-order valence-electron chi connectivity index (χ3n) is 3.57. The fourth-order valence-corrected chi connectivity index (χ4v) is 3.27. The van der Waals surface area contributed by atoms with Crippen LogP contribution in [0.5, 0.6) is 0 Å². The van der Waals surface area contributed by atoms with Crippen molar-refractivity contribution in [2.75, 3.05) is 6.54 Å². The second-order valence-electron chi connectivity index (χ2n) is 5.11. The Morgan fingerprint density at radius 2 is 2.27 bits per heavy atom. The fourth-order valence-electron chi connectivity index (χ4n) is 2.56. The predicted molar refractivity (Wildman–Crippen MR) is 87.0 cm³/mol. The Morgan fingerprint density at radius 3 is 3.00 bits per heavy atom. The van der Waals surface area contributed by atoms with Gasteiger partial charge in [-0.1, -0.05) is 6.07 Å². The van der Waals surface area contributed by atoms with Gasteiger partial charge in [-0.05, 0) is 25.3 Å². The van der Waals surface area contributed by atoms with Gasteiger partial charge < -0.3 is 5.32 Å². The molecule has 0 bridgehead atoms. The molecule has 22 heavy (non-hydrogen) atoms. The van der Waals surface area contributed by atoms with E-state index in [0.717, 1.165) is 28.1 Å². The highest BCUT2D eigenvalue weighted by Gasteiger charge is 2.12. The van der Waals surface area contributed by atoms with Gasteiger partial charge in [0.05, 0.1) is 24.9 Å². The van der Waals surface area contributed by atoms with E-state index in [-0.39, 0.29) is 5.91 Å². The highest BCUT2D eigenvalue weighted by molar-refractivity contribution is 7.10. The van der Waals surface area contributed by atoms with Crippen molar-refractivity contribution >= 4 is 28.3 Å². The minimum atomic E-state index is 0.0480. The molecule has 0 radical (unpaired) electrons. The maximum atomic E-state index is 11.9. The first-order valence-corrected chi connectivity index (χ1v) is 8.25. The van der Waals surface area contributed by atoms with Crippen molar-refractivity contribution < 1.29 is 4.79 Å². The summed E-state index contributed by atoms with van der Waals surface area (Å²) in [6.45, 7) is 6.09. The highest BCUT2D eigenvalue weighted by atomic mass is 32.1. The van der Waals surface area contributed by atoms with Crippen LogP contribution in [0.3, 0.4) is 0 Å². The summed E-state index contributed by atoms with van der Waals surface area (Å²) in [5, 5.41) is 13.8. The Bertz CT molecular complexity index is 771. The van der Waals surface area contributed by atoms with Crippen molar-refractivity contribution in [3.05, 3.63) is 34.3 Å². The molecule has 1 amide bonds. The molecule has 3 aromatic heterocycles. The van der Waals surface area contributed by atoms with Crippen molar-refractivity contribution in [2.45, 2.75) is 33.4 Å². The molecule has 0 aliphatic rings. The third kappa shape index (κ3) is 2.89. The monoisotopic (exact) mass is 317 g/mol. The molecule has 116 valence electrons. The molecule has 0 saturated heterocycles. The van der Waals surface area contributed by atoms with Crippen molar-refractivity contribution in [3.8, 4) is 0 Å². The van der Waals surface area contributed by atoms with Gasteiger partial charge >= 0.3 is 0 Å². The molecule has 1 N–H and O–H groups in total. The van der Waals surface area contributed by atoms with Crippen LogP contribution in [-0.2, 0) is 24.3 Å². The van der Waals surface area contributed by atoms with E-state index in [1.165, 1.54) is 0 Å². The van der Waals surface area contributed by atoms with Crippen LogP contribution >= 0.6 is 11.3 Å². The molecule has 0 spiro atoms. The molecule has 3 rings (SSSR count). The van der Waals surface area contributed by atoms with E-state index in [1.807, 2.05) is 40.0 Å². The van der Waals surface area contributed by atoms with E-state index in [4.69, 9.17) is 0 Å². The average molecular weight is 317 g/mol. The topological polar surface area (TPSA) is 64.7 Å². The number of hydrogen-bond acceptors (Lipinski definition) is 4. The van der Waals surface area contributed by atoms with Crippen molar-refractivity contribution in [1.29, 1.82) is 0 Å². The number of fused-ring (bicyclic) bond motifs is 1. The number of amides is 1. The highest BCUT2D eigenvalue weighted by Crippen LogP contribution is 2.17. The molecular formula is C15H19N5OS. The van der Waals surface area contributed by atoms with Gasteiger partial charge in [0.1, 0.15) is 11.0 Å². The molecule has 0 atom stereocenters. The van der Waals surface area contributed by atoms with E-state index in [2.05, 4.69) is 22.4 Å². The lowest BCUT2D eigenvalue weighted by atomic mass is 10.3. The molecule has 0 unspecified atom stereocenters. The Balaban J connectivity index is 1.60. The van der Waals surface area contributed by atoms with E-state index in [0.29, 0.717) is 19.5 Å². The SMILES string of the molecule is CCn1nc(C)c2c1cnn2CCNC(=O)Cc1cccs1. The van der Waals surface area contributed by atoms with Crippen LogP contribution in [0.25, 0.3) is 11.0 Å². The van der Waals surface area contributed by atoms with Crippen molar-refractivity contribution in [3.63, 3.8) is 0 Å². The molecule has 3 heterocycles. The van der Waals surface area contributed by atoms with Crippen LogP contribution in [0.1, 0.15) is 17.5 Å². The first-order valence-electron chi connectivity index (χ1n) is 7.37. The lowest BCUT2D eigenvalue weighted by Crippen LogP contribution is -2.28. The van der Waals surface area contributed by atoms with Crippen LogP contribution < -0.4 is 5.32 Å². The lowest BCUT2D eigenvalue weighted by molar-refractivity contribution is -0.120. The summed E-state index contributed by atoms with van der Waals surface area (Å²) in [5.74, 6) is 0.0480. The summed E-state index contributed by atoms with van der Waals surface area (Å²) in [6.07, 6.45) is 2.28. The van der Waals surface area contributed by atoms with Crippen LogP contribution in [0.4, 0.5) is 0 Å². The minimum Gasteiger partial charge on any atom is -0.354 e. The van der Waals surface area contributed by atoms with Gasteiger partial charge in [-0.3, -0.25) is 14.2 Å². The van der Waals surface area contributed by atoms with Gasteiger partial charge in [0, 0.05) is 18.0 Å².